The second-order valence-electron chi connectivity index (χ2n) is 6.57. The first-order chi connectivity index (χ1) is 12.2. The van der Waals surface area contributed by atoms with Gasteiger partial charge in [0.25, 0.3) is 0 Å². The van der Waals surface area contributed by atoms with Crippen molar-refractivity contribution in [3.05, 3.63) is 54.1 Å². The molecule has 136 valence electrons. The van der Waals surface area contributed by atoms with Crippen molar-refractivity contribution in [3.63, 3.8) is 0 Å². The van der Waals surface area contributed by atoms with E-state index in [0.717, 1.165) is 38.2 Å². The van der Waals surface area contributed by atoms with Crippen LogP contribution in [0.15, 0.2) is 48.5 Å². The second-order valence-corrected chi connectivity index (χ2v) is 6.57. The zero-order valence-corrected chi connectivity index (χ0v) is 16.0. The molecule has 2 heteroatoms. The van der Waals surface area contributed by atoms with Crippen LogP contribution in [0.3, 0.4) is 0 Å². The van der Waals surface area contributed by atoms with Crippen LogP contribution in [0, 0.1) is 0 Å². The monoisotopic (exact) mass is 340 g/mol. The quantitative estimate of drug-likeness (QED) is 0.419. The van der Waals surface area contributed by atoms with E-state index in [-0.39, 0.29) is 6.10 Å². The first-order valence-electron chi connectivity index (χ1n) is 9.69. The molecule has 25 heavy (non-hydrogen) atoms. The average Bonchev–Trinajstić information content (AvgIpc) is 2.66. The normalized spacial score (nSPS) is 12.1. The van der Waals surface area contributed by atoms with E-state index in [1.165, 1.54) is 29.5 Å². The summed E-state index contributed by atoms with van der Waals surface area (Å²) >= 11 is 0. The summed E-state index contributed by atoms with van der Waals surface area (Å²) in [7, 11) is 0. The van der Waals surface area contributed by atoms with Crippen molar-refractivity contribution in [2.24, 2.45) is 0 Å². The Labute approximate surface area is 153 Å². The van der Waals surface area contributed by atoms with Crippen molar-refractivity contribution in [1.82, 2.24) is 0 Å². The van der Waals surface area contributed by atoms with E-state index in [9.17, 15) is 0 Å². The zero-order chi connectivity index (χ0) is 17.9. The molecule has 2 rings (SSSR count). The summed E-state index contributed by atoms with van der Waals surface area (Å²) < 4.78 is 11.6. The average molecular weight is 341 g/mol. The molecule has 0 aliphatic rings. The largest absolute Gasteiger partial charge is 0.494 e. The first-order valence-corrected chi connectivity index (χ1v) is 9.69. The molecule has 2 aromatic rings. The molecule has 0 fully saturated rings. The van der Waals surface area contributed by atoms with Crippen molar-refractivity contribution in [3.8, 4) is 16.9 Å². The van der Waals surface area contributed by atoms with E-state index in [0.29, 0.717) is 0 Å². The third-order valence-electron chi connectivity index (χ3n) is 4.45. The second kappa shape index (κ2) is 10.9. The number of ether oxygens (including phenoxy) is 2. The highest BCUT2D eigenvalue weighted by molar-refractivity contribution is 5.64. The topological polar surface area (TPSA) is 18.5 Å². The fourth-order valence-corrected chi connectivity index (χ4v) is 2.73. The smallest absolute Gasteiger partial charge is 0.119 e. The number of rotatable bonds is 11. The van der Waals surface area contributed by atoms with Gasteiger partial charge in [0.2, 0.25) is 0 Å². The highest BCUT2D eigenvalue weighted by Gasteiger charge is 2.06. The number of benzene rings is 2. The lowest BCUT2D eigenvalue weighted by Gasteiger charge is -2.14. The Morgan fingerprint density at radius 1 is 0.720 bits per heavy atom. The van der Waals surface area contributed by atoms with Crippen LogP contribution in [0.2, 0.25) is 0 Å². The Morgan fingerprint density at radius 3 is 1.92 bits per heavy atom. The van der Waals surface area contributed by atoms with Crippen LogP contribution >= 0.6 is 0 Å². The van der Waals surface area contributed by atoms with Crippen LogP contribution in [0.25, 0.3) is 11.1 Å². The Balaban J connectivity index is 1.90. The maximum atomic E-state index is 5.92. The minimum Gasteiger partial charge on any atom is -0.494 e. The van der Waals surface area contributed by atoms with Crippen LogP contribution in [0.5, 0.6) is 5.75 Å². The van der Waals surface area contributed by atoms with Gasteiger partial charge in [0.05, 0.1) is 12.7 Å². The molecule has 0 aromatic heterocycles. The van der Waals surface area contributed by atoms with E-state index in [1.54, 1.807) is 0 Å². The van der Waals surface area contributed by atoms with Gasteiger partial charge in [0.1, 0.15) is 5.75 Å². The van der Waals surface area contributed by atoms with Crippen molar-refractivity contribution in [2.45, 2.75) is 59.0 Å². The summed E-state index contributed by atoms with van der Waals surface area (Å²) in [6.45, 7) is 8.15. The summed E-state index contributed by atoms with van der Waals surface area (Å²) in [5.41, 5.74) is 3.67. The van der Waals surface area contributed by atoms with E-state index < -0.39 is 0 Å². The molecule has 1 unspecified atom stereocenters. The lowest BCUT2D eigenvalue weighted by molar-refractivity contribution is 0.0630. The minimum absolute atomic E-state index is 0.153. The van der Waals surface area contributed by atoms with Crippen molar-refractivity contribution in [2.75, 3.05) is 13.2 Å². The molecule has 2 aromatic carbocycles. The highest BCUT2D eigenvalue weighted by atomic mass is 16.5. The molecule has 2 nitrogen and oxygen atoms in total. The molecule has 0 heterocycles. The zero-order valence-electron chi connectivity index (χ0n) is 16.0. The van der Waals surface area contributed by atoms with Gasteiger partial charge in [-0.3, -0.25) is 0 Å². The molecule has 0 saturated heterocycles. The highest BCUT2D eigenvalue weighted by Crippen LogP contribution is 2.25. The van der Waals surface area contributed by atoms with Gasteiger partial charge in [-0.1, -0.05) is 69.5 Å². The van der Waals surface area contributed by atoms with Gasteiger partial charge in [-0.05, 0) is 48.6 Å². The summed E-state index contributed by atoms with van der Waals surface area (Å²) in [5, 5.41) is 0. The Morgan fingerprint density at radius 2 is 1.32 bits per heavy atom. The van der Waals surface area contributed by atoms with Crippen molar-refractivity contribution < 1.29 is 9.47 Å². The fourth-order valence-electron chi connectivity index (χ4n) is 2.73. The van der Waals surface area contributed by atoms with Gasteiger partial charge in [0.15, 0.2) is 0 Å². The molecule has 0 radical (unpaired) electrons. The van der Waals surface area contributed by atoms with E-state index in [4.69, 9.17) is 9.47 Å². The van der Waals surface area contributed by atoms with E-state index in [1.807, 2.05) is 0 Å². The van der Waals surface area contributed by atoms with Crippen LogP contribution in [-0.2, 0) is 4.74 Å². The van der Waals surface area contributed by atoms with Gasteiger partial charge in [-0.25, -0.2) is 0 Å². The van der Waals surface area contributed by atoms with Gasteiger partial charge in [-0.15, -0.1) is 0 Å². The van der Waals surface area contributed by atoms with Crippen LogP contribution in [0.1, 0.15) is 64.5 Å². The molecular formula is C23H32O2. The molecule has 0 aliphatic carbocycles. The fraction of sp³-hybridized carbons (Fsp3) is 0.478. The predicted molar refractivity (Wildman–Crippen MR) is 106 cm³/mol. The molecule has 0 aliphatic heterocycles. The number of unbranched alkanes of at least 4 members (excludes halogenated alkanes) is 3. The number of hydrogen-bond donors (Lipinski definition) is 0. The lowest BCUT2D eigenvalue weighted by atomic mass is 10.0. The van der Waals surface area contributed by atoms with Crippen LogP contribution < -0.4 is 4.74 Å². The molecule has 0 spiro atoms. The lowest BCUT2D eigenvalue weighted by Crippen LogP contribution is -2.01. The standard InChI is InChI=1S/C23H32O2/c1-4-6-8-18-24-19(3)20-9-11-21(12-10-20)22-13-15-23(16-14-22)25-17-7-5-2/h9-16,19H,4-8,17-18H2,1-3H3. The van der Waals surface area contributed by atoms with Crippen LogP contribution in [0.4, 0.5) is 0 Å². The molecule has 0 N–H and O–H groups in total. The molecule has 0 saturated carbocycles. The Bertz CT molecular complexity index is 586. The van der Waals surface area contributed by atoms with Gasteiger partial charge in [-0.2, -0.15) is 0 Å². The predicted octanol–water partition coefficient (Wildman–Crippen LogP) is 6.80. The van der Waals surface area contributed by atoms with Gasteiger partial charge >= 0.3 is 0 Å². The first kappa shape index (κ1) is 19.5. The summed E-state index contributed by atoms with van der Waals surface area (Å²) in [6.07, 6.45) is 6.03. The summed E-state index contributed by atoms with van der Waals surface area (Å²) in [5.74, 6) is 0.947. The third-order valence-corrected chi connectivity index (χ3v) is 4.45. The SMILES string of the molecule is CCCCCOC(C)c1ccc(-c2ccc(OCCCC)cc2)cc1. The molecular weight excluding hydrogens is 308 g/mol. The molecule has 0 bridgehead atoms. The minimum atomic E-state index is 0.153. The van der Waals surface area contributed by atoms with E-state index >= 15 is 0 Å². The maximum Gasteiger partial charge on any atom is 0.119 e. The Kier molecular flexibility index (Phi) is 8.54. The summed E-state index contributed by atoms with van der Waals surface area (Å²) in [4.78, 5) is 0. The van der Waals surface area contributed by atoms with Crippen molar-refractivity contribution >= 4 is 0 Å². The molecule has 1 atom stereocenters. The maximum absolute atomic E-state index is 5.92. The third kappa shape index (κ3) is 6.55. The summed E-state index contributed by atoms with van der Waals surface area (Å²) in [6, 6.07) is 17.1. The van der Waals surface area contributed by atoms with Crippen LogP contribution in [-0.4, -0.2) is 13.2 Å². The number of hydrogen-bond acceptors (Lipinski definition) is 2. The van der Waals surface area contributed by atoms with Gasteiger partial charge in [0, 0.05) is 6.61 Å². The van der Waals surface area contributed by atoms with Crippen molar-refractivity contribution in [1.29, 1.82) is 0 Å². The Hall–Kier alpha value is -1.80. The van der Waals surface area contributed by atoms with Gasteiger partial charge < -0.3 is 9.47 Å². The van der Waals surface area contributed by atoms with E-state index in [2.05, 4.69) is 69.3 Å². The molecule has 0 amide bonds.